The van der Waals surface area contributed by atoms with Crippen LogP contribution in [0.4, 0.5) is 58.4 Å². The van der Waals surface area contributed by atoms with E-state index < -0.39 is 59.3 Å². The molecule has 0 spiro atoms. The molecule has 0 aliphatic rings. The Hall–Kier alpha value is -9.72. The molecule has 0 saturated carbocycles. The Bertz CT molecular complexity index is 4110. The number of aliphatic hydroxyl groups is 1. The minimum atomic E-state index is -4.37. The van der Waals surface area contributed by atoms with Gasteiger partial charge in [0.15, 0.2) is 5.82 Å². The van der Waals surface area contributed by atoms with Crippen LogP contribution in [0, 0.1) is 83.5 Å². The predicted octanol–water partition coefficient (Wildman–Crippen LogP) is 16.0. The van der Waals surface area contributed by atoms with E-state index in [-0.39, 0.29) is 11.5 Å². The van der Waals surface area contributed by atoms with Crippen LogP contribution in [0.1, 0.15) is 118 Å². The van der Waals surface area contributed by atoms with Crippen LogP contribution in [-0.4, -0.2) is 47.5 Å². The largest absolute Gasteiger partial charge is 0.439 e. The number of nitrogens with one attached hydrogen (secondary N) is 2. The van der Waals surface area contributed by atoms with Gasteiger partial charge in [0.25, 0.3) is 0 Å². The predicted molar refractivity (Wildman–Crippen MR) is 318 cm³/mol. The number of halogens is 13. The van der Waals surface area contributed by atoms with E-state index in [1.807, 2.05) is 85.7 Å². The number of aromatic nitrogens is 6. The van der Waals surface area contributed by atoms with E-state index in [2.05, 4.69) is 40.7 Å². The summed E-state index contributed by atoms with van der Waals surface area (Å²) in [5, 5.41) is 38.9. The van der Waals surface area contributed by atoms with Gasteiger partial charge in [-0.05, 0) is 179 Å². The number of alkyl halides is 12. The zero-order chi connectivity index (χ0) is 67.9. The standard InChI is InChI=1S/C17H14F3N3O2.C17H17F3N2O.C16H13F3N2.C8H7ClN2.C7H6F3N/c1-9-7-10(2)21-13(14(9)15-22-16(24)25-23-15)8-11-3-5-12(6-4-11)17(18,19)20;1-10-7-11(2)22-15(16(10)14(21)9-23)8-12-3-5-13(6-4-12)17(18,19)20;1-10-7-11(2)21-15(14(10)9-20)8-12-3-5-13(6-4-12)16(17,18)19;1-5-3-6(2)11-8(9)7(5)4-10;8-7(9,10)5-1-3-6(11)4-2-5/h3-7H,8H2,1-2H3,(H,22,23,24);3-7,21,23H,8-9H2,1-2H3;3-7H,8H2,1-2H3;3H,1-2H3;1-4H,11H2. The third-order valence-electron chi connectivity index (χ3n) is 13.1. The van der Waals surface area contributed by atoms with E-state index in [4.69, 9.17) is 28.0 Å². The Kier molecular flexibility index (Phi) is 24.3. The highest BCUT2D eigenvalue weighted by atomic mass is 35.5. The Balaban J connectivity index is 0.000000214. The van der Waals surface area contributed by atoms with Crippen molar-refractivity contribution in [3.63, 3.8) is 0 Å². The van der Waals surface area contributed by atoms with Gasteiger partial charge in [0.1, 0.15) is 17.3 Å². The Morgan fingerprint density at radius 2 is 0.868 bits per heavy atom. The van der Waals surface area contributed by atoms with E-state index in [9.17, 15) is 67.8 Å². The van der Waals surface area contributed by atoms with Gasteiger partial charge in [0, 0.05) is 58.9 Å². The van der Waals surface area contributed by atoms with Crippen molar-refractivity contribution in [2.45, 2.75) is 99.4 Å². The summed E-state index contributed by atoms with van der Waals surface area (Å²) in [5.74, 6) is -0.438. The molecule has 0 bridgehead atoms. The van der Waals surface area contributed by atoms with Crippen LogP contribution < -0.4 is 11.5 Å². The number of aromatic amines is 1. The van der Waals surface area contributed by atoms with Gasteiger partial charge in [-0.2, -0.15) is 63.2 Å². The fraction of sp³-hybridized carbons (Fsp3) is 0.246. The molecule has 0 atom stereocenters. The molecule has 0 aliphatic heterocycles. The van der Waals surface area contributed by atoms with Crippen LogP contribution in [0.3, 0.4) is 0 Å². The van der Waals surface area contributed by atoms with Crippen LogP contribution in [0.2, 0.25) is 5.15 Å². The lowest BCUT2D eigenvalue weighted by molar-refractivity contribution is -0.138. The molecular weight excluding hydrogens is 1230 g/mol. The summed E-state index contributed by atoms with van der Waals surface area (Å²) in [5.41, 5.74) is 15.3. The van der Waals surface area contributed by atoms with Crippen molar-refractivity contribution in [3.8, 4) is 23.5 Å². The Morgan fingerprint density at radius 1 is 0.527 bits per heavy atom. The third-order valence-corrected chi connectivity index (χ3v) is 13.4. The molecule has 0 radical (unpaired) electrons. The first-order chi connectivity index (χ1) is 42.4. The summed E-state index contributed by atoms with van der Waals surface area (Å²) in [6.45, 7) is 14.2. The average Bonchev–Trinajstić information content (AvgIpc) is 1.83. The minimum absolute atomic E-state index is 0.0527. The molecule has 0 unspecified atom stereocenters. The fourth-order valence-electron chi connectivity index (χ4n) is 9.04. The molecule has 0 fully saturated rings. The van der Waals surface area contributed by atoms with Crippen molar-refractivity contribution in [2.75, 3.05) is 12.3 Å². The lowest BCUT2D eigenvalue weighted by Crippen LogP contribution is -2.13. The fourth-order valence-corrected chi connectivity index (χ4v) is 9.37. The van der Waals surface area contributed by atoms with Gasteiger partial charge in [0.2, 0.25) is 0 Å². The Labute approximate surface area is 519 Å². The summed E-state index contributed by atoms with van der Waals surface area (Å²) < 4.78 is 154. The van der Waals surface area contributed by atoms with E-state index in [1.54, 1.807) is 0 Å². The molecule has 0 saturated heterocycles. The molecule has 9 rings (SSSR count). The number of hydrogen-bond donors (Lipinski definition) is 4. The number of nitrogens with zero attached hydrogens (tertiary/aromatic N) is 7. The highest BCUT2D eigenvalue weighted by molar-refractivity contribution is 6.30. The molecule has 9 aromatic rings. The van der Waals surface area contributed by atoms with Gasteiger partial charge in [-0.15, -0.1) is 0 Å². The SMILES string of the molecule is Cc1cc(C)c(-c2noc(=O)[nH]2)c(Cc2ccc(C(F)(F)F)cc2)n1.Cc1cc(C)c(C#N)c(Cc2ccc(C(F)(F)F)cc2)n1.Cc1cc(C)c(C#N)c(Cl)n1.Cc1cc(C)c(C(=N)CO)c(Cc2ccc(C(F)(F)F)cc2)n1.Nc1ccc(C(F)(F)F)cc1. The number of nitrogens with two attached hydrogens (primary N) is 1. The monoisotopic (exact) mass is 1290 g/mol. The van der Waals surface area contributed by atoms with Crippen molar-refractivity contribution in [1.82, 2.24) is 30.1 Å². The highest BCUT2D eigenvalue weighted by Crippen LogP contribution is 2.34. The summed E-state index contributed by atoms with van der Waals surface area (Å²) in [7, 11) is 0. The quantitative estimate of drug-likeness (QED) is 0.0460. The number of nitrogen functional groups attached to an aromatic ring is 1. The van der Waals surface area contributed by atoms with Gasteiger partial charge < -0.3 is 16.2 Å². The third kappa shape index (κ3) is 20.9. The zero-order valence-electron chi connectivity index (χ0n) is 49.8. The number of H-pyrrole nitrogens is 1. The number of benzene rings is 4. The van der Waals surface area contributed by atoms with E-state index in [0.717, 1.165) is 93.6 Å². The summed E-state index contributed by atoms with van der Waals surface area (Å²) in [6, 6.07) is 30.5. The molecule has 13 nitrogen and oxygen atoms in total. The second-order valence-electron chi connectivity index (χ2n) is 20.5. The molecule has 5 aromatic heterocycles. The van der Waals surface area contributed by atoms with Crippen LogP contribution in [0.25, 0.3) is 11.4 Å². The molecule has 5 N–H and O–H groups in total. The minimum Gasteiger partial charge on any atom is -0.399 e. The maximum atomic E-state index is 12.7. The zero-order valence-corrected chi connectivity index (χ0v) is 50.5. The molecule has 0 aliphatic carbocycles. The number of rotatable bonds is 9. The molecule has 26 heteroatoms. The molecule has 476 valence electrons. The van der Waals surface area contributed by atoms with Crippen LogP contribution >= 0.6 is 11.6 Å². The van der Waals surface area contributed by atoms with E-state index in [1.165, 1.54) is 48.5 Å². The van der Waals surface area contributed by atoms with Crippen LogP contribution in [0.5, 0.6) is 0 Å². The van der Waals surface area contributed by atoms with Crippen molar-refractivity contribution in [1.29, 1.82) is 15.9 Å². The molecular formula is C65H57ClF12N10O3. The number of aryl methyl sites for hydroxylation is 8. The van der Waals surface area contributed by atoms with Gasteiger partial charge in [0.05, 0.1) is 62.8 Å². The second kappa shape index (κ2) is 30.7. The summed E-state index contributed by atoms with van der Waals surface area (Å²) in [6.07, 6.45) is -16.4. The van der Waals surface area contributed by atoms with Gasteiger partial charge in [-0.1, -0.05) is 53.2 Å². The second-order valence-corrected chi connectivity index (χ2v) is 20.8. The summed E-state index contributed by atoms with van der Waals surface area (Å²) in [4.78, 5) is 30.8. The van der Waals surface area contributed by atoms with Crippen molar-refractivity contribution < 1.29 is 62.3 Å². The highest BCUT2D eigenvalue weighted by Gasteiger charge is 2.33. The van der Waals surface area contributed by atoms with Crippen molar-refractivity contribution >= 4 is 23.0 Å². The first-order valence-electron chi connectivity index (χ1n) is 26.9. The van der Waals surface area contributed by atoms with Crippen LogP contribution in [-0.2, 0) is 44.0 Å². The van der Waals surface area contributed by atoms with Gasteiger partial charge >= 0.3 is 30.5 Å². The molecule has 4 aromatic carbocycles. The number of pyridine rings is 4. The van der Waals surface area contributed by atoms with E-state index in [0.29, 0.717) is 86.1 Å². The maximum absolute atomic E-state index is 12.7. The van der Waals surface area contributed by atoms with Gasteiger partial charge in [-0.3, -0.25) is 24.5 Å². The lowest BCUT2D eigenvalue weighted by atomic mass is 9.97. The maximum Gasteiger partial charge on any atom is 0.439 e. The Morgan fingerprint density at radius 3 is 1.24 bits per heavy atom. The topological polar surface area (TPSA) is 228 Å². The number of nitriles is 2. The average molecular weight is 1290 g/mol. The van der Waals surface area contributed by atoms with Crippen molar-refractivity contribution in [2.24, 2.45) is 0 Å². The van der Waals surface area contributed by atoms with Gasteiger partial charge in [-0.25, -0.2) is 9.78 Å². The van der Waals surface area contributed by atoms with Crippen LogP contribution in [0.15, 0.2) is 131 Å². The van der Waals surface area contributed by atoms with Crippen molar-refractivity contribution in [3.05, 3.63) is 255 Å². The molecule has 0 amide bonds. The lowest BCUT2D eigenvalue weighted by Gasteiger charge is -2.14. The smallest absolute Gasteiger partial charge is 0.399 e. The first kappa shape index (κ1) is 72.0. The first-order valence-corrected chi connectivity index (χ1v) is 27.3. The summed E-state index contributed by atoms with van der Waals surface area (Å²) >= 11 is 5.70. The number of hydrogen-bond acceptors (Lipinski definition) is 12. The molecule has 91 heavy (non-hydrogen) atoms. The normalized spacial score (nSPS) is 11.3. The van der Waals surface area contributed by atoms with E-state index >= 15 is 0 Å². The number of aliphatic hydroxyl groups excluding tert-OH is 1. The molecule has 5 heterocycles. The number of anilines is 1.